The lowest BCUT2D eigenvalue weighted by molar-refractivity contribution is -0.151. The van der Waals surface area contributed by atoms with Crippen molar-refractivity contribution in [1.29, 1.82) is 0 Å². The van der Waals surface area contributed by atoms with Crippen LogP contribution in [0.15, 0.2) is 18.2 Å². The van der Waals surface area contributed by atoms with Crippen molar-refractivity contribution in [1.82, 2.24) is 0 Å². The van der Waals surface area contributed by atoms with Gasteiger partial charge in [-0.25, -0.2) is 4.79 Å². The highest BCUT2D eigenvalue weighted by Crippen LogP contribution is 2.24. The molecule has 0 spiro atoms. The Hall–Kier alpha value is -1.51. The van der Waals surface area contributed by atoms with Crippen molar-refractivity contribution in [3.05, 3.63) is 29.3 Å². The van der Waals surface area contributed by atoms with Gasteiger partial charge in [-0.1, -0.05) is 31.5 Å². The van der Waals surface area contributed by atoms with Crippen LogP contribution in [0.2, 0.25) is 0 Å². The number of hydrogen-bond donors (Lipinski definition) is 1. The average molecular weight is 289 g/mol. The number of carbonyl (C=O) groups is 1. The van der Waals surface area contributed by atoms with Gasteiger partial charge < -0.3 is 10.1 Å². The minimum Gasteiger partial charge on any atom is -0.461 e. The third-order valence-corrected chi connectivity index (χ3v) is 4.29. The molecule has 0 heterocycles. The van der Waals surface area contributed by atoms with E-state index in [2.05, 4.69) is 37.4 Å². The first-order valence-corrected chi connectivity index (χ1v) is 8.17. The zero-order valence-corrected chi connectivity index (χ0v) is 13.4. The van der Waals surface area contributed by atoms with Gasteiger partial charge >= 0.3 is 5.97 Å². The first-order valence-electron chi connectivity index (χ1n) is 8.17. The molecule has 116 valence electrons. The fourth-order valence-electron chi connectivity index (χ4n) is 2.95. The van der Waals surface area contributed by atoms with Crippen LogP contribution in [0.4, 0.5) is 5.69 Å². The van der Waals surface area contributed by atoms with E-state index in [1.54, 1.807) is 0 Å². The number of para-hydroxylation sites is 1. The molecule has 1 fully saturated rings. The van der Waals surface area contributed by atoms with Crippen molar-refractivity contribution in [3.63, 3.8) is 0 Å². The summed E-state index contributed by atoms with van der Waals surface area (Å²) in [7, 11) is 0. The maximum Gasteiger partial charge on any atom is 0.328 e. The Bertz CT molecular complexity index is 478. The Morgan fingerprint density at radius 3 is 2.71 bits per heavy atom. The molecule has 3 nitrogen and oxygen atoms in total. The molecule has 1 aliphatic carbocycles. The monoisotopic (exact) mass is 289 g/mol. The van der Waals surface area contributed by atoms with E-state index in [4.69, 9.17) is 4.74 Å². The Labute approximate surface area is 128 Å². The van der Waals surface area contributed by atoms with E-state index in [-0.39, 0.29) is 18.1 Å². The van der Waals surface area contributed by atoms with Crippen molar-refractivity contribution < 1.29 is 9.53 Å². The van der Waals surface area contributed by atoms with E-state index < -0.39 is 0 Å². The smallest absolute Gasteiger partial charge is 0.328 e. The predicted octanol–water partition coefficient (Wildman–Crippen LogP) is 4.23. The largest absolute Gasteiger partial charge is 0.461 e. The molecule has 3 heteroatoms. The van der Waals surface area contributed by atoms with E-state index in [1.165, 1.54) is 30.4 Å². The van der Waals surface area contributed by atoms with Gasteiger partial charge in [0.25, 0.3) is 0 Å². The van der Waals surface area contributed by atoms with Gasteiger partial charge in [0.1, 0.15) is 12.1 Å². The van der Waals surface area contributed by atoms with Crippen LogP contribution < -0.4 is 5.32 Å². The van der Waals surface area contributed by atoms with Crippen LogP contribution in [0, 0.1) is 6.92 Å². The number of benzene rings is 1. The zero-order valence-electron chi connectivity index (χ0n) is 13.4. The summed E-state index contributed by atoms with van der Waals surface area (Å²) in [5.74, 6) is -0.132. The summed E-state index contributed by atoms with van der Waals surface area (Å²) in [5.41, 5.74) is 3.49. The van der Waals surface area contributed by atoms with Crippen LogP contribution in [0.5, 0.6) is 0 Å². The third-order valence-electron chi connectivity index (χ3n) is 4.29. The maximum absolute atomic E-state index is 12.2. The first-order chi connectivity index (χ1) is 10.1. The highest BCUT2D eigenvalue weighted by molar-refractivity contribution is 5.79. The lowest BCUT2D eigenvalue weighted by Crippen LogP contribution is -2.33. The summed E-state index contributed by atoms with van der Waals surface area (Å²) < 4.78 is 5.64. The Morgan fingerprint density at radius 2 is 2.05 bits per heavy atom. The number of anilines is 1. The zero-order chi connectivity index (χ0) is 15.2. The molecule has 0 radical (unpaired) electrons. The van der Waals surface area contributed by atoms with Crippen molar-refractivity contribution in [2.75, 3.05) is 5.32 Å². The minimum absolute atomic E-state index is 0.123. The van der Waals surface area contributed by atoms with E-state index in [9.17, 15) is 4.79 Å². The number of nitrogens with one attached hydrogen (secondary N) is 1. The van der Waals surface area contributed by atoms with Gasteiger partial charge in [0.05, 0.1) is 0 Å². The molecule has 0 amide bonds. The fraction of sp³-hybridized carbons (Fsp3) is 0.611. The molecule has 1 aliphatic rings. The summed E-state index contributed by atoms with van der Waals surface area (Å²) >= 11 is 0. The molecule has 1 aromatic rings. The van der Waals surface area contributed by atoms with Gasteiger partial charge in [-0.2, -0.15) is 0 Å². The van der Waals surface area contributed by atoms with Crippen molar-refractivity contribution in [3.8, 4) is 0 Å². The average Bonchev–Trinajstić information content (AvgIpc) is 2.50. The summed E-state index contributed by atoms with van der Waals surface area (Å²) in [5, 5.41) is 3.34. The molecule has 21 heavy (non-hydrogen) atoms. The highest BCUT2D eigenvalue weighted by Gasteiger charge is 2.22. The van der Waals surface area contributed by atoms with Crippen LogP contribution in [-0.2, 0) is 16.0 Å². The van der Waals surface area contributed by atoms with Crippen molar-refractivity contribution >= 4 is 11.7 Å². The second kappa shape index (κ2) is 7.48. The molecule has 0 bridgehead atoms. The molecule has 0 saturated heterocycles. The van der Waals surface area contributed by atoms with Crippen LogP contribution >= 0.6 is 0 Å². The molecule has 1 saturated carbocycles. The van der Waals surface area contributed by atoms with Crippen molar-refractivity contribution in [2.24, 2.45) is 0 Å². The van der Waals surface area contributed by atoms with Crippen molar-refractivity contribution in [2.45, 2.75) is 71.4 Å². The first kappa shape index (κ1) is 15.9. The molecule has 2 rings (SSSR count). The number of rotatable bonds is 5. The second-order valence-corrected chi connectivity index (χ2v) is 6.03. The number of carbonyl (C=O) groups excluding carboxylic acids is 1. The number of aryl methyl sites for hydroxylation is 2. The van der Waals surface area contributed by atoms with Crippen LogP contribution in [0.1, 0.15) is 57.1 Å². The topological polar surface area (TPSA) is 38.3 Å². The summed E-state index contributed by atoms with van der Waals surface area (Å²) in [6.07, 6.45) is 6.73. The lowest BCUT2D eigenvalue weighted by Gasteiger charge is -2.25. The summed E-state index contributed by atoms with van der Waals surface area (Å²) in [6, 6.07) is 5.93. The maximum atomic E-state index is 12.2. The molecule has 0 unspecified atom stereocenters. The third kappa shape index (κ3) is 4.23. The normalized spacial score (nSPS) is 17.3. The predicted molar refractivity (Wildman–Crippen MR) is 86.6 cm³/mol. The summed E-state index contributed by atoms with van der Waals surface area (Å²) in [4.78, 5) is 12.2. The van der Waals surface area contributed by atoms with E-state index in [1.807, 2.05) is 6.92 Å². The molecule has 0 aromatic heterocycles. The number of hydrogen-bond acceptors (Lipinski definition) is 3. The number of ether oxygens (including phenoxy) is 1. The van der Waals surface area contributed by atoms with Gasteiger partial charge in [0, 0.05) is 5.69 Å². The van der Waals surface area contributed by atoms with Gasteiger partial charge in [0.2, 0.25) is 0 Å². The van der Waals surface area contributed by atoms with E-state index >= 15 is 0 Å². The SMILES string of the molecule is CCc1cccc(C)c1N[C@@H](C)C(=O)OC1CCCCC1. The highest BCUT2D eigenvalue weighted by atomic mass is 16.5. The Kier molecular flexibility index (Phi) is 5.66. The van der Waals surface area contributed by atoms with Crippen LogP contribution in [0.25, 0.3) is 0 Å². The standard InChI is InChI=1S/C18H27NO2/c1-4-15-10-8-9-13(2)17(15)19-14(3)18(20)21-16-11-6-5-7-12-16/h8-10,14,16,19H,4-7,11-12H2,1-3H3/t14-/m0/s1. The van der Waals surface area contributed by atoms with E-state index in [0.717, 1.165) is 24.9 Å². The quantitative estimate of drug-likeness (QED) is 0.824. The fourth-order valence-corrected chi connectivity index (χ4v) is 2.95. The van der Waals surface area contributed by atoms with Gasteiger partial charge in [0.15, 0.2) is 0 Å². The van der Waals surface area contributed by atoms with Gasteiger partial charge in [-0.3, -0.25) is 0 Å². The Morgan fingerprint density at radius 1 is 1.33 bits per heavy atom. The molecule has 1 aromatic carbocycles. The minimum atomic E-state index is -0.307. The van der Waals surface area contributed by atoms with Crippen LogP contribution in [0.3, 0.4) is 0 Å². The molecule has 1 N–H and O–H groups in total. The molecular weight excluding hydrogens is 262 g/mol. The van der Waals surface area contributed by atoms with E-state index in [0.29, 0.717) is 0 Å². The lowest BCUT2D eigenvalue weighted by atomic mass is 9.98. The van der Waals surface area contributed by atoms with Gasteiger partial charge in [-0.05, 0) is 57.1 Å². The number of esters is 1. The van der Waals surface area contributed by atoms with Gasteiger partial charge in [-0.15, -0.1) is 0 Å². The summed E-state index contributed by atoms with van der Waals surface area (Å²) in [6.45, 7) is 6.09. The van der Waals surface area contributed by atoms with Crippen LogP contribution in [-0.4, -0.2) is 18.1 Å². The Balaban J connectivity index is 1.97. The molecule has 0 aliphatic heterocycles. The molecule has 1 atom stereocenters. The molecular formula is C18H27NO2. The second-order valence-electron chi connectivity index (χ2n) is 6.03.